The summed E-state index contributed by atoms with van der Waals surface area (Å²) in [7, 11) is 0. The zero-order valence-electron chi connectivity index (χ0n) is 14.8. The third kappa shape index (κ3) is 4.93. The fourth-order valence-corrected chi connectivity index (χ4v) is 3.88. The minimum atomic E-state index is 0.695. The van der Waals surface area contributed by atoms with E-state index in [-0.39, 0.29) is 0 Å². The molecule has 0 radical (unpaired) electrons. The molecule has 2 nitrogen and oxygen atoms in total. The molecule has 0 unspecified atom stereocenters. The quantitative estimate of drug-likeness (QED) is 0.801. The average molecular weight is 322 g/mol. The Morgan fingerprint density at radius 1 is 0.792 bits per heavy atom. The van der Waals surface area contributed by atoms with Gasteiger partial charge in [-0.15, -0.1) is 0 Å². The Balaban J connectivity index is 1.67. The van der Waals surface area contributed by atoms with Gasteiger partial charge in [-0.25, -0.2) is 0 Å². The van der Waals surface area contributed by atoms with Gasteiger partial charge in [0.2, 0.25) is 0 Å². The van der Waals surface area contributed by atoms with Crippen LogP contribution in [0.5, 0.6) is 0 Å². The van der Waals surface area contributed by atoms with Gasteiger partial charge in [-0.3, -0.25) is 4.90 Å². The third-order valence-corrected chi connectivity index (χ3v) is 5.16. The molecule has 0 amide bonds. The molecule has 0 heterocycles. The van der Waals surface area contributed by atoms with Crippen molar-refractivity contribution < 1.29 is 0 Å². The molecule has 0 spiro atoms. The van der Waals surface area contributed by atoms with Gasteiger partial charge in [-0.2, -0.15) is 0 Å². The van der Waals surface area contributed by atoms with E-state index in [0.717, 1.165) is 25.7 Å². The molecule has 2 heteroatoms. The highest BCUT2D eigenvalue weighted by Gasteiger charge is 2.25. The lowest BCUT2D eigenvalue weighted by atomic mass is 9.89. The van der Waals surface area contributed by atoms with Crippen LogP contribution in [0.4, 0.5) is 0 Å². The van der Waals surface area contributed by atoms with Crippen LogP contribution in [0.1, 0.15) is 43.7 Å². The molecule has 2 aromatic carbocycles. The Kier molecular flexibility index (Phi) is 6.45. The highest BCUT2D eigenvalue weighted by molar-refractivity contribution is 5.17. The van der Waals surface area contributed by atoms with Gasteiger partial charge >= 0.3 is 0 Å². The summed E-state index contributed by atoms with van der Waals surface area (Å²) in [5.41, 5.74) is 2.84. The van der Waals surface area contributed by atoms with E-state index in [1.807, 2.05) is 0 Å². The van der Waals surface area contributed by atoms with Crippen molar-refractivity contribution in [3.8, 4) is 0 Å². The van der Waals surface area contributed by atoms with E-state index < -0.39 is 0 Å². The molecule has 3 rings (SSSR count). The molecule has 2 aromatic rings. The van der Waals surface area contributed by atoms with Crippen LogP contribution in [0.3, 0.4) is 0 Å². The van der Waals surface area contributed by atoms with E-state index in [9.17, 15) is 0 Å². The molecule has 1 aliphatic rings. The Hall–Kier alpha value is -1.64. The van der Waals surface area contributed by atoms with Crippen LogP contribution < -0.4 is 5.32 Å². The maximum Gasteiger partial charge on any atom is 0.0240 e. The summed E-state index contributed by atoms with van der Waals surface area (Å²) in [4.78, 5) is 2.69. The van der Waals surface area contributed by atoms with Gasteiger partial charge in [-0.05, 0) is 43.4 Å². The Bertz CT molecular complexity index is 532. The number of nitrogens with zero attached hydrogens (tertiary/aromatic N) is 1. The summed E-state index contributed by atoms with van der Waals surface area (Å²) in [6, 6.07) is 23.2. The third-order valence-electron chi connectivity index (χ3n) is 5.16. The van der Waals surface area contributed by atoms with Crippen molar-refractivity contribution in [1.29, 1.82) is 0 Å². The first kappa shape index (κ1) is 17.2. The van der Waals surface area contributed by atoms with Gasteiger partial charge in [0.25, 0.3) is 0 Å². The Labute approximate surface area is 146 Å². The molecule has 0 saturated heterocycles. The minimum absolute atomic E-state index is 0.695. The second-order valence-corrected chi connectivity index (χ2v) is 6.94. The van der Waals surface area contributed by atoms with Crippen LogP contribution >= 0.6 is 0 Å². The summed E-state index contributed by atoms with van der Waals surface area (Å²) in [6.07, 6.45) is 5.21. The number of rotatable bonds is 7. The van der Waals surface area contributed by atoms with E-state index in [1.165, 1.54) is 36.8 Å². The second-order valence-electron chi connectivity index (χ2n) is 6.94. The molecule has 0 aromatic heterocycles. The average Bonchev–Trinajstić information content (AvgIpc) is 2.64. The van der Waals surface area contributed by atoms with Crippen molar-refractivity contribution >= 4 is 0 Å². The lowest BCUT2D eigenvalue weighted by Gasteiger charge is -2.37. The van der Waals surface area contributed by atoms with Crippen LogP contribution in [0.2, 0.25) is 0 Å². The highest BCUT2D eigenvalue weighted by Crippen LogP contribution is 2.26. The summed E-state index contributed by atoms with van der Waals surface area (Å²) < 4.78 is 0. The highest BCUT2D eigenvalue weighted by atomic mass is 15.2. The lowest BCUT2D eigenvalue weighted by molar-refractivity contribution is 0.129. The Morgan fingerprint density at radius 2 is 1.29 bits per heavy atom. The first-order chi connectivity index (χ1) is 11.8. The molecule has 0 bridgehead atoms. The molecule has 0 atom stereocenters. The van der Waals surface area contributed by atoms with Crippen molar-refractivity contribution in [2.45, 2.75) is 57.8 Å². The van der Waals surface area contributed by atoms with Crippen LogP contribution in [0.15, 0.2) is 60.7 Å². The molecule has 1 aliphatic carbocycles. The van der Waals surface area contributed by atoms with Gasteiger partial charge in [0.05, 0.1) is 0 Å². The number of hydrogen-bond donors (Lipinski definition) is 1. The molecule has 1 fully saturated rings. The van der Waals surface area contributed by atoms with E-state index in [0.29, 0.717) is 6.04 Å². The SMILES string of the molecule is CCNC1CCC(N(Cc2ccccc2)Cc2ccccc2)CC1. The first-order valence-electron chi connectivity index (χ1n) is 9.40. The van der Waals surface area contributed by atoms with E-state index in [1.54, 1.807) is 0 Å². The van der Waals surface area contributed by atoms with Crippen LogP contribution in [0.25, 0.3) is 0 Å². The lowest BCUT2D eigenvalue weighted by Crippen LogP contribution is -2.41. The predicted octanol–water partition coefficient (Wildman–Crippen LogP) is 4.61. The van der Waals surface area contributed by atoms with E-state index in [4.69, 9.17) is 0 Å². The largest absolute Gasteiger partial charge is 0.314 e. The number of benzene rings is 2. The van der Waals surface area contributed by atoms with Gasteiger partial charge in [0, 0.05) is 25.2 Å². The fraction of sp³-hybridized carbons (Fsp3) is 0.455. The van der Waals surface area contributed by atoms with E-state index in [2.05, 4.69) is 77.8 Å². The fourth-order valence-electron chi connectivity index (χ4n) is 3.88. The molecular formula is C22H30N2. The molecule has 1 N–H and O–H groups in total. The van der Waals surface area contributed by atoms with Crippen molar-refractivity contribution in [2.24, 2.45) is 0 Å². The predicted molar refractivity (Wildman–Crippen MR) is 102 cm³/mol. The van der Waals surface area contributed by atoms with Crippen LogP contribution in [0, 0.1) is 0 Å². The van der Waals surface area contributed by atoms with Crippen molar-refractivity contribution in [3.63, 3.8) is 0 Å². The van der Waals surface area contributed by atoms with Crippen LogP contribution in [-0.2, 0) is 13.1 Å². The topological polar surface area (TPSA) is 15.3 Å². The molecule has 1 saturated carbocycles. The molecule has 128 valence electrons. The maximum absolute atomic E-state index is 3.62. The van der Waals surface area contributed by atoms with Gasteiger partial charge < -0.3 is 5.32 Å². The van der Waals surface area contributed by atoms with Crippen molar-refractivity contribution in [1.82, 2.24) is 10.2 Å². The van der Waals surface area contributed by atoms with Crippen LogP contribution in [-0.4, -0.2) is 23.5 Å². The monoisotopic (exact) mass is 322 g/mol. The number of hydrogen-bond acceptors (Lipinski definition) is 2. The summed E-state index contributed by atoms with van der Waals surface area (Å²) in [5, 5.41) is 3.62. The summed E-state index contributed by atoms with van der Waals surface area (Å²) in [6.45, 7) is 5.40. The van der Waals surface area contributed by atoms with Gasteiger partial charge in [0.1, 0.15) is 0 Å². The first-order valence-corrected chi connectivity index (χ1v) is 9.40. The van der Waals surface area contributed by atoms with Crippen molar-refractivity contribution in [2.75, 3.05) is 6.54 Å². The van der Waals surface area contributed by atoms with E-state index >= 15 is 0 Å². The van der Waals surface area contributed by atoms with Gasteiger partial charge in [-0.1, -0.05) is 67.6 Å². The summed E-state index contributed by atoms with van der Waals surface area (Å²) >= 11 is 0. The van der Waals surface area contributed by atoms with Crippen molar-refractivity contribution in [3.05, 3.63) is 71.8 Å². The Morgan fingerprint density at radius 3 is 1.75 bits per heavy atom. The minimum Gasteiger partial charge on any atom is -0.314 e. The molecular weight excluding hydrogens is 292 g/mol. The zero-order valence-corrected chi connectivity index (χ0v) is 14.8. The normalized spacial score (nSPS) is 21.1. The molecule has 0 aliphatic heterocycles. The second kappa shape index (κ2) is 9.00. The standard InChI is InChI=1S/C22H30N2/c1-2-23-21-13-15-22(16-14-21)24(17-19-9-5-3-6-10-19)18-20-11-7-4-8-12-20/h3-12,21-23H,2,13-18H2,1H3. The summed E-state index contributed by atoms with van der Waals surface area (Å²) in [5.74, 6) is 0. The smallest absolute Gasteiger partial charge is 0.0240 e. The maximum atomic E-state index is 3.62. The number of nitrogens with one attached hydrogen (secondary N) is 1. The zero-order chi connectivity index (χ0) is 16.6. The van der Waals surface area contributed by atoms with Gasteiger partial charge in [0.15, 0.2) is 0 Å². The molecule has 24 heavy (non-hydrogen) atoms.